The molecule has 0 spiro atoms. The van der Waals surface area contributed by atoms with Crippen LogP contribution in [0, 0.1) is 0 Å². The Morgan fingerprint density at radius 1 is 1.08 bits per heavy atom. The summed E-state index contributed by atoms with van der Waals surface area (Å²) in [6, 6.07) is 0. The van der Waals surface area contributed by atoms with Crippen molar-refractivity contribution in [1.82, 2.24) is 0 Å². The largest absolute Gasteiger partial charge is 0.466 e. The first-order valence-corrected chi connectivity index (χ1v) is 4.47. The van der Waals surface area contributed by atoms with Crippen LogP contribution in [0.5, 0.6) is 0 Å². The van der Waals surface area contributed by atoms with E-state index in [2.05, 4.69) is 0 Å². The summed E-state index contributed by atoms with van der Waals surface area (Å²) in [5.41, 5.74) is 0. The van der Waals surface area contributed by atoms with E-state index in [-0.39, 0.29) is 5.97 Å². The van der Waals surface area contributed by atoms with Gasteiger partial charge in [0.05, 0.1) is 6.61 Å². The number of ether oxygens (including phenoxy) is 3. The highest BCUT2D eigenvalue weighted by Gasteiger charge is 1.93. The number of rotatable bonds is 8. The Kier molecular flexibility index (Phi) is 9.03. The van der Waals surface area contributed by atoms with E-state index >= 15 is 0 Å². The molecule has 0 aliphatic heterocycles. The molecular weight excluding hydrogens is 172 g/mol. The van der Waals surface area contributed by atoms with Gasteiger partial charge in [0.25, 0.3) is 0 Å². The van der Waals surface area contributed by atoms with Crippen molar-refractivity contribution in [1.29, 1.82) is 0 Å². The lowest BCUT2D eigenvalue weighted by molar-refractivity contribution is -0.141. The van der Waals surface area contributed by atoms with Crippen LogP contribution in [0.4, 0.5) is 0 Å². The second kappa shape index (κ2) is 9.48. The van der Waals surface area contributed by atoms with Crippen LogP contribution in [0.3, 0.4) is 0 Å². The molecule has 0 radical (unpaired) electrons. The second-order valence-electron chi connectivity index (χ2n) is 2.65. The molecular formula is C9H18O4. The molecule has 4 heteroatoms. The average molecular weight is 190 g/mol. The van der Waals surface area contributed by atoms with Gasteiger partial charge in [0.2, 0.25) is 0 Å². The number of hydrogen-bond donors (Lipinski definition) is 0. The maximum atomic E-state index is 10.3. The number of carbonyl (C=O) groups is 1. The van der Waals surface area contributed by atoms with Crippen molar-refractivity contribution >= 4 is 5.97 Å². The molecule has 0 aromatic heterocycles. The highest BCUT2D eigenvalue weighted by Crippen LogP contribution is 1.88. The van der Waals surface area contributed by atoms with Crippen molar-refractivity contribution in [3.05, 3.63) is 0 Å². The molecule has 0 bridgehead atoms. The maximum Gasteiger partial charge on any atom is 0.302 e. The van der Waals surface area contributed by atoms with Gasteiger partial charge in [-0.05, 0) is 6.42 Å². The molecule has 0 fully saturated rings. The Balaban J connectivity index is 2.87. The predicted octanol–water partition coefficient (Wildman–Crippen LogP) is 0.993. The van der Waals surface area contributed by atoms with Crippen molar-refractivity contribution < 1.29 is 19.0 Å². The molecule has 78 valence electrons. The van der Waals surface area contributed by atoms with E-state index in [1.807, 2.05) is 0 Å². The van der Waals surface area contributed by atoms with Crippen LogP contribution in [0.1, 0.15) is 19.8 Å². The first kappa shape index (κ1) is 12.4. The van der Waals surface area contributed by atoms with Crippen LogP contribution < -0.4 is 0 Å². The minimum absolute atomic E-state index is 0.237. The predicted molar refractivity (Wildman–Crippen MR) is 48.6 cm³/mol. The van der Waals surface area contributed by atoms with Crippen LogP contribution >= 0.6 is 0 Å². The van der Waals surface area contributed by atoms with Gasteiger partial charge in [-0.2, -0.15) is 0 Å². The van der Waals surface area contributed by atoms with Gasteiger partial charge in [-0.15, -0.1) is 0 Å². The van der Waals surface area contributed by atoms with E-state index in [1.54, 1.807) is 7.11 Å². The van der Waals surface area contributed by atoms with Crippen molar-refractivity contribution in [2.45, 2.75) is 19.8 Å². The van der Waals surface area contributed by atoms with E-state index in [0.29, 0.717) is 19.8 Å². The van der Waals surface area contributed by atoms with E-state index in [4.69, 9.17) is 14.2 Å². The van der Waals surface area contributed by atoms with Crippen molar-refractivity contribution in [3.8, 4) is 0 Å². The number of carbonyl (C=O) groups excluding carboxylic acids is 1. The average Bonchev–Trinajstić information content (AvgIpc) is 2.09. The minimum Gasteiger partial charge on any atom is -0.466 e. The number of esters is 1. The van der Waals surface area contributed by atoms with Gasteiger partial charge in [-0.25, -0.2) is 0 Å². The summed E-state index contributed by atoms with van der Waals surface area (Å²) in [4.78, 5) is 10.3. The molecule has 0 saturated heterocycles. The maximum absolute atomic E-state index is 10.3. The molecule has 0 aromatic carbocycles. The quantitative estimate of drug-likeness (QED) is 0.423. The van der Waals surface area contributed by atoms with Crippen LogP contribution in [-0.4, -0.2) is 39.5 Å². The zero-order valence-corrected chi connectivity index (χ0v) is 8.38. The Hall–Kier alpha value is -0.610. The molecule has 0 unspecified atom stereocenters. The van der Waals surface area contributed by atoms with E-state index < -0.39 is 0 Å². The molecule has 0 rings (SSSR count). The Morgan fingerprint density at radius 2 is 1.69 bits per heavy atom. The normalized spacial score (nSPS) is 10.0. The van der Waals surface area contributed by atoms with Crippen LogP contribution in [0.2, 0.25) is 0 Å². The second-order valence-corrected chi connectivity index (χ2v) is 2.65. The lowest BCUT2D eigenvalue weighted by Gasteiger charge is -2.03. The molecule has 0 amide bonds. The summed E-state index contributed by atoms with van der Waals surface area (Å²) in [5, 5.41) is 0. The van der Waals surface area contributed by atoms with Gasteiger partial charge in [-0.3, -0.25) is 4.79 Å². The molecule has 0 saturated carbocycles. The van der Waals surface area contributed by atoms with Gasteiger partial charge in [0, 0.05) is 40.3 Å². The molecule has 0 N–H and O–H groups in total. The van der Waals surface area contributed by atoms with Gasteiger partial charge in [0.15, 0.2) is 0 Å². The van der Waals surface area contributed by atoms with Gasteiger partial charge in [0.1, 0.15) is 0 Å². The topological polar surface area (TPSA) is 44.8 Å². The molecule has 0 atom stereocenters. The summed E-state index contributed by atoms with van der Waals surface area (Å²) >= 11 is 0. The standard InChI is InChI=1S/C9H18O4/c1-9(10)13-8-4-7-12-6-3-5-11-2/h3-8H2,1-2H3. The van der Waals surface area contributed by atoms with Crippen LogP contribution in [-0.2, 0) is 19.0 Å². The highest BCUT2D eigenvalue weighted by molar-refractivity contribution is 5.65. The molecule has 4 nitrogen and oxygen atoms in total. The number of hydrogen-bond acceptors (Lipinski definition) is 4. The molecule has 13 heavy (non-hydrogen) atoms. The summed E-state index contributed by atoms with van der Waals surface area (Å²) in [6.07, 6.45) is 1.66. The summed E-state index contributed by atoms with van der Waals surface area (Å²) < 4.78 is 14.8. The SMILES string of the molecule is COCCCOCCCOC(C)=O. The van der Waals surface area contributed by atoms with Crippen molar-refractivity contribution in [2.24, 2.45) is 0 Å². The Bertz CT molecular complexity index is 125. The van der Waals surface area contributed by atoms with Crippen LogP contribution in [0.15, 0.2) is 0 Å². The molecule has 0 aliphatic carbocycles. The zero-order chi connectivity index (χ0) is 9.94. The third kappa shape index (κ3) is 11.4. The van der Waals surface area contributed by atoms with Gasteiger partial charge in [-0.1, -0.05) is 0 Å². The monoisotopic (exact) mass is 190 g/mol. The van der Waals surface area contributed by atoms with Crippen LogP contribution in [0.25, 0.3) is 0 Å². The van der Waals surface area contributed by atoms with Crippen molar-refractivity contribution in [2.75, 3.05) is 33.5 Å². The zero-order valence-electron chi connectivity index (χ0n) is 8.38. The Labute approximate surface area is 79.2 Å². The summed E-state index contributed by atoms with van der Waals surface area (Å²) in [6.45, 7) is 3.91. The third-order valence-electron chi connectivity index (χ3n) is 1.38. The fourth-order valence-electron chi connectivity index (χ4n) is 0.784. The molecule has 0 heterocycles. The first-order valence-electron chi connectivity index (χ1n) is 4.47. The van der Waals surface area contributed by atoms with Crippen molar-refractivity contribution in [3.63, 3.8) is 0 Å². The highest BCUT2D eigenvalue weighted by atomic mass is 16.5. The van der Waals surface area contributed by atoms with E-state index in [1.165, 1.54) is 6.92 Å². The third-order valence-corrected chi connectivity index (χ3v) is 1.38. The fraction of sp³-hybridized carbons (Fsp3) is 0.889. The smallest absolute Gasteiger partial charge is 0.302 e. The summed E-state index contributed by atoms with van der Waals surface area (Å²) in [7, 11) is 1.67. The minimum atomic E-state index is -0.237. The summed E-state index contributed by atoms with van der Waals surface area (Å²) in [5.74, 6) is -0.237. The fourth-order valence-corrected chi connectivity index (χ4v) is 0.784. The molecule has 0 aromatic rings. The lowest BCUT2D eigenvalue weighted by Crippen LogP contribution is -2.05. The van der Waals surface area contributed by atoms with Gasteiger partial charge < -0.3 is 14.2 Å². The number of methoxy groups -OCH3 is 1. The van der Waals surface area contributed by atoms with Gasteiger partial charge >= 0.3 is 5.97 Å². The van der Waals surface area contributed by atoms with E-state index in [0.717, 1.165) is 19.4 Å². The molecule has 0 aliphatic rings. The Morgan fingerprint density at radius 3 is 2.23 bits per heavy atom. The first-order chi connectivity index (χ1) is 6.27. The van der Waals surface area contributed by atoms with E-state index in [9.17, 15) is 4.79 Å². The lowest BCUT2D eigenvalue weighted by atomic mass is 10.4.